The first-order valence-corrected chi connectivity index (χ1v) is 12.7. The number of halogens is 2. The molecule has 0 bridgehead atoms. The molecule has 0 spiro atoms. The van der Waals surface area contributed by atoms with Gasteiger partial charge in [0.25, 0.3) is 5.91 Å². The Hall–Kier alpha value is -2.77. The van der Waals surface area contributed by atoms with Crippen LogP contribution in [0.1, 0.15) is 43.1 Å². The Morgan fingerprint density at radius 3 is 2.53 bits per heavy atom. The van der Waals surface area contributed by atoms with Gasteiger partial charge in [0.2, 0.25) is 0 Å². The number of carbonyl (C=O) groups is 1. The number of benzene rings is 2. The lowest BCUT2D eigenvalue weighted by molar-refractivity contribution is 0.0600. The van der Waals surface area contributed by atoms with Crippen LogP contribution >= 0.6 is 23.2 Å². The monoisotopic (exact) mass is 535 g/mol. The molecule has 1 heterocycles. The minimum absolute atomic E-state index is 0.140. The van der Waals surface area contributed by atoms with E-state index in [0.717, 1.165) is 17.7 Å². The van der Waals surface area contributed by atoms with Crippen molar-refractivity contribution in [3.05, 3.63) is 63.4 Å². The Balaban J connectivity index is 1.92. The fourth-order valence-electron chi connectivity index (χ4n) is 4.24. The van der Waals surface area contributed by atoms with Gasteiger partial charge in [0.15, 0.2) is 11.5 Å². The van der Waals surface area contributed by atoms with E-state index < -0.39 is 0 Å². The number of ether oxygens (including phenoxy) is 2. The summed E-state index contributed by atoms with van der Waals surface area (Å²) in [5.74, 6) is 1.23. The summed E-state index contributed by atoms with van der Waals surface area (Å²) in [5, 5.41) is 11.2. The minimum atomic E-state index is -0.176. The molecule has 2 aromatic carbocycles. The summed E-state index contributed by atoms with van der Waals surface area (Å²) < 4.78 is 10.7. The molecule has 1 amide bonds. The summed E-state index contributed by atoms with van der Waals surface area (Å²) in [7, 11) is 5.03. The second-order valence-corrected chi connectivity index (χ2v) is 10.2. The smallest absolute Gasteiger partial charge is 0.255 e. The quantitative estimate of drug-likeness (QED) is 0.412. The van der Waals surface area contributed by atoms with Gasteiger partial charge in [0.05, 0.1) is 31.4 Å². The van der Waals surface area contributed by atoms with Crippen LogP contribution < -0.4 is 9.47 Å². The topological polar surface area (TPSA) is 65.5 Å². The maximum absolute atomic E-state index is 13.8. The van der Waals surface area contributed by atoms with Crippen LogP contribution in [0.5, 0.6) is 17.2 Å². The van der Waals surface area contributed by atoms with Crippen molar-refractivity contribution in [2.24, 2.45) is 5.92 Å². The van der Waals surface area contributed by atoms with E-state index in [1.165, 1.54) is 14.2 Å². The molecule has 1 aliphatic heterocycles. The zero-order chi connectivity index (χ0) is 26.6. The molecule has 1 atom stereocenters. The molecular formula is C27H35Cl2N3O4. The van der Waals surface area contributed by atoms with Gasteiger partial charge in [-0.1, -0.05) is 37.0 Å². The highest BCUT2D eigenvalue weighted by Gasteiger charge is 2.32. The van der Waals surface area contributed by atoms with E-state index in [9.17, 15) is 9.90 Å². The van der Waals surface area contributed by atoms with Crippen molar-refractivity contribution in [1.29, 1.82) is 0 Å². The van der Waals surface area contributed by atoms with Crippen molar-refractivity contribution in [2.45, 2.75) is 39.9 Å². The number of phenols is 1. The Labute approximate surface area is 223 Å². The summed E-state index contributed by atoms with van der Waals surface area (Å²) in [5.41, 5.74) is 2.14. The van der Waals surface area contributed by atoms with Crippen LogP contribution in [0.2, 0.25) is 10.0 Å². The van der Waals surface area contributed by atoms with Crippen LogP contribution in [0, 0.1) is 5.92 Å². The Morgan fingerprint density at radius 1 is 1.17 bits per heavy atom. The molecule has 1 aliphatic rings. The van der Waals surface area contributed by atoms with E-state index in [-0.39, 0.29) is 22.8 Å². The summed E-state index contributed by atoms with van der Waals surface area (Å²) in [6.45, 7) is 7.74. The van der Waals surface area contributed by atoms with Gasteiger partial charge >= 0.3 is 0 Å². The van der Waals surface area contributed by atoms with Gasteiger partial charge in [0, 0.05) is 42.6 Å². The van der Waals surface area contributed by atoms with Crippen molar-refractivity contribution in [3.8, 4) is 17.2 Å². The van der Waals surface area contributed by atoms with Crippen molar-refractivity contribution in [1.82, 2.24) is 14.7 Å². The SMILES string of the molecule is COc1ccc(C(=O)N(CCC(C)C)CC2N(Cc3cc(Cl)ccc3O)C=C(C)N2C)c(Cl)c1OC. The first-order chi connectivity index (χ1) is 17.1. The predicted octanol–water partition coefficient (Wildman–Crippen LogP) is 5.84. The standard InChI is InChI=1S/C27H35Cl2N3O4/c1-17(2)11-12-31(27(34)21-8-10-23(35-5)26(36-6)25(21)29)16-24-30(4)18(3)14-32(24)15-19-13-20(28)7-9-22(19)33/h7-10,13-14,17,24,33H,11-12,15-16H2,1-6H3. The largest absolute Gasteiger partial charge is 0.508 e. The van der Waals surface area contributed by atoms with Gasteiger partial charge in [0.1, 0.15) is 11.9 Å². The fraction of sp³-hybridized carbons (Fsp3) is 0.444. The number of amides is 1. The second-order valence-electron chi connectivity index (χ2n) is 9.40. The van der Waals surface area contributed by atoms with Crippen LogP contribution in [-0.4, -0.2) is 66.2 Å². The average Bonchev–Trinajstić information content (AvgIpc) is 3.10. The Morgan fingerprint density at radius 2 is 1.89 bits per heavy atom. The maximum atomic E-state index is 13.8. The van der Waals surface area contributed by atoms with E-state index in [4.69, 9.17) is 32.7 Å². The third-order valence-electron chi connectivity index (χ3n) is 6.50. The molecule has 9 heteroatoms. The zero-order valence-corrected chi connectivity index (χ0v) is 23.2. The molecule has 0 aromatic heterocycles. The molecule has 196 valence electrons. The lowest BCUT2D eigenvalue weighted by Gasteiger charge is -2.36. The Kier molecular flexibility index (Phi) is 9.25. The molecule has 0 saturated heterocycles. The summed E-state index contributed by atoms with van der Waals surface area (Å²) in [6, 6.07) is 8.40. The number of phenolic OH excluding ortho intramolecular Hbond substituents is 1. The number of carbonyl (C=O) groups excluding carboxylic acids is 1. The van der Waals surface area contributed by atoms with Gasteiger partial charge in [-0.2, -0.15) is 0 Å². The predicted molar refractivity (Wildman–Crippen MR) is 144 cm³/mol. The molecule has 0 saturated carbocycles. The van der Waals surface area contributed by atoms with Gasteiger partial charge in [-0.05, 0) is 49.6 Å². The van der Waals surface area contributed by atoms with E-state index in [1.54, 1.807) is 30.3 Å². The van der Waals surface area contributed by atoms with Crippen LogP contribution in [-0.2, 0) is 6.54 Å². The van der Waals surface area contributed by atoms with E-state index in [2.05, 4.69) is 23.6 Å². The molecule has 2 aromatic rings. The summed E-state index contributed by atoms with van der Waals surface area (Å²) >= 11 is 12.8. The number of aromatic hydroxyl groups is 1. The molecule has 1 N–H and O–H groups in total. The first-order valence-electron chi connectivity index (χ1n) is 11.9. The molecule has 36 heavy (non-hydrogen) atoms. The number of allylic oxidation sites excluding steroid dienone is 1. The van der Waals surface area contributed by atoms with E-state index in [0.29, 0.717) is 47.6 Å². The maximum Gasteiger partial charge on any atom is 0.255 e. The van der Waals surface area contributed by atoms with Gasteiger partial charge in [-0.15, -0.1) is 0 Å². The summed E-state index contributed by atoms with van der Waals surface area (Å²) in [6.07, 6.45) is 2.74. The fourth-order valence-corrected chi connectivity index (χ4v) is 4.75. The average molecular weight is 537 g/mol. The molecule has 3 rings (SSSR count). The van der Waals surface area contributed by atoms with Crippen LogP contribution in [0.15, 0.2) is 42.2 Å². The zero-order valence-electron chi connectivity index (χ0n) is 21.7. The van der Waals surface area contributed by atoms with Crippen molar-refractivity contribution >= 4 is 29.1 Å². The molecule has 1 unspecified atom stereocenters. The lowest BCUT2D eigenvalue weighted by atomic mass is 10.1. The molecule has 0 radical (unpaired) electrons. The first kappa shape index (κ1) is 27.8. The van der Waals surface area contributed by atoms with Crippen LogP contribution in [0.25, 0.3) is 0 Å². The third kappa shape index (κ3) is 6.13. The second kappa shape index (κ2) is 12.0. The van der Waals surface area contributed by atoms with Gasteiger partial charge < -0.3 is 29.3 Å². The lowest BCUT2D eigenvalue weighted by Crippen LogP contribution is -2.48. The molecule has 7 nitrogen and oxygen atoms in total. The number of rotatable bonds is 10. The number of likely N-dealkylation sites (N-methyl/N-ethyl adjacent to an activating group) is 1. The highest BCUT2D eigenvalue weighted by atomic mass is 35.5. The number of hydrogen-bond acceptors (Lipinski definition) is 6. The molecular weight excluding hydrogens is 501 g/mol. The normalized spacial score (nSPS) is 15.4. The number of methoxy groups -OCH3 is 2. The van der Waals surface area contributed by atoms with E-state index in [1.807, 2.05) is 25.1 Å². The van der Waals surface area contributed by atoms with E-state index >= 15 is 0 Å². The van der Waals surface area contributed by atoms with Crippen LogP contribution in [0.3, 0.4) is 0 Å². The van der Waals surface area contributed by atoms with Gasteiger partial charge in [-0.25, -0.2) is 0 Å². The van der Waals surface area contributed by atoms with Crippen molar-refractivity contribution in [3.63, 3.8) is 0 Å². The van der Waals surface area contributed by atoms with Gasteiger partial charge in [-0.3, -0.25) is 4.79 Å². The minimum Gasteiger partial charge on any atom is -0.508 e. The number of nitrogens with zero attached hydrogens (tertiary/aromatic N) is 3. The number of hydrogen-bond donors (Lipinski definition) is 1. The van der Waals surface area contributed by atoms with Crippen molar-refractivity contribution < 1.29 is 19.4 Å². The Bertz CT molecular complexity index is 1120. The highest BCUT2D eigenvalue weighted by Crippen LogP contribution is 2.38. The molecule has 0 fully saturated rings. The summed E-state index contributed by atoms with van der Waals surface area (Å²) in [4.78, 5) is 19.9. The third-order valence-corrected chi connectivity index (χ3v) is 7.11. The molecule has 0 aliphatic carbocycles. The highest BCUT2D eigenvalue weighted by molar-refractivity contribution is 6.35. The van der Waals surface area contributed by atoms with Crippen molar-refractivity contribution in [2.75, 3.05) is 34.4 Å². The van der Waals surface area contributed by atoms with Crippen LogP contribution in [0.4, 0.5) is 0 Å².